The van der Waals surface area contributed by atoms with Gasteiger partial charge in [0.2, 0.25) is 0 Å². The molecule has 1 saturated heterocycles. The second kappa shape index (κ2) is 5.24. The third-order valence-electron chi connectivity index (χ3n) is 4.66. The molecule has 0 aromatic carbocycles. The minimum atomic E-state index is -4.45. The summed E-state index contributed by atoms with van der Waals surface area (Å²) in [5, 5.41) is 0.327. The number of fused-ring (bicyclic) bond motifs is 4. The number of halogens is 4. The van der Waals surface area contributed by atoms with Crippen LogP contribution < -0.4 is 9.80 Å². The standard InChI is InChI=1S/C16H14ClF3N4/c1-23-11-2-3-24(8-11)13-5-12(17)14(22-15(13)23)9-4-10(7-21-6-9)16(18,19)20/h4-7,11H,2-3,8H2,1H3. The smallest absolute Gasteiger partial charge is 0.366 e. The second-order valence-corrected chi connectivity index (χ2v) is 6.53. The van der Waals surface area contributed by atoms with Crippen molar-refractivity contribution in [3.8, 4) is 11.3 Å². The van der Waals surface area contributed by atoms with E-state index in [9.17, 15) is 13.2 Å². The summed E-state index contributed by atoms with van der Waals surface area (Å²) in [6.45, 7) is 1.86. The van der Waals surface area contributed by atoms with Gasteiger partial charge in [0.25, 0.3) is 0 Å². The Morgan fingerprint density at radius 2 is 2.04 bits per heavy atom. The normalized spacial score (nSPS) is 19.6. The molecule has 4 nitrogen and oxygen atoms in total. The SMILES string of the molecule is CN1c2nc(-c3cncc(C(F)(F)F)c3)c(Cl)cc2N2CCC1C2. The van der Waals surface area contributed by atoms with Crippen LogP contribution >= 0.6 is 11.6 Å². The molecule has 24 heavy (non-hydrogen) atoms. The molecule has 0 amide bonds. The number of anilines is 2. The van der Waals surface area contributed by atoms with Crippen molar-refractivity contribution in [1.82, 2.24) is 9.97 Å². The zero-order valence-corrected chi connectivity index (χ0v) is 13.6. The Morgan fingerprint density at radius 1 is 1.25 bits per heavy atom. The van der Waals surface area contributed by atoms with Crippen LogP contribution in [0.25, 0.3) is 11.3 Å². The van der Waals surface area contributed by atoms with Crippen molar-refractivity contribution in [1.29, 1.82) is 0 Å². The van der Waals surface area contributed by atoms with Crippen molar-refractivity contribution < 1.29 is 13.2 Å². The molecule has 4 heterocycles. The van der Waals surface area contributed by atoms with E-state index in [0.717, 1.165) is 43.3 Å². The summed E-state index contributed by atoms with van der Waals surface area (Å²) in [6.07, 6.45) is -1.27. The Balaban J connectivity index is 1.83. The lowest BCUT2D eigenvalue weighted by Gasteiger charge is -2.35. The molecule has 0 N–H and O–H groups in total. The highest BCUT2D eigenvalue weighted by Crippen LogP contribution is 2.42. The zero-order chi connectivity index (χ0) is 17.1. The van der Waals surface area contributed by atoms with Crippen LogP contribution in [0.3, 0.4) is 0 Å². The Bertz CT molecular complexity index is 808. The third-order valence-corrected chi connectivity index (χ3v) is 4.95. The number of nitrogens with zero attached hydrogens (tertiary/aromatic N) is 4. The molecule has 1 unspecified atom stereocenters. The molecule has 0 aliphatic carbocycles. The monoisotopic (exact) mass is 354 g/mol. The van der Waals surface area contributed by atoms with Crippen molar-refractivity contribution >= 4 is 23.1 Å². The van der Waals surface area contributed by atoms with E-state index in [1.165, 1.54) is 6.20 Å². The first kappa shape index (κ1) is 15.5. The number of hydrogen-bond acceptors (Lipinski definition) is 4. The number of alkyl halides is 3. The quantitative estimate of drug-likeness (QED) is 0.778. The molecule has 2 aliphatic rings. The van der Waals surface area contributed by atoms with Gasteiger partial charge < -0.3 is 9.80 Å². The largest absolute Gasteiger partial charge is 0.417 e. The van der Waals surface area contributed by atoms with E-state index in [-0.39, 0.29) is 5.56 Å². The highest BCUT2D eigenvalue weighted by Gasteiger charge is 2.36. The summed E-state index contributed by atoms with van der Waals surface area (Å²) in [4.78, 5) is 12.6. The highest BCUT2D eigenvalue weighted by molar-refractivity contribution is 6.33. The number of hydrogen-bond donors (Lipinski definition) is 0. The lowest BCUT2D eigenvalue weighted by atomic mass is 10.1. The fraction of sp³-hybridized carbons (Fsp3) is 0.375. The zero-order valence-electron chi connectivity index (χ0n) is 12.8. The second-order valence-electron chi connectivity index (χ2n) is 6.12. The van der Waals surface area contributed by atoms with Crippen molar-refractivity contribution in [3.05, 3.63) is 35.1 Å². The maximum atomic E-state index is 12.9. The summed E-state index contributed by atoms with van der Waals surface area (Å²) in [5.74, 6) is 0.751. The first-order chi connectivity index (χ1) is 11.3. The van der Waals surface area contributed by atoms with Crippen LogP contribution in [-0.2, 0) is 6.18 Å². The predicted molar refractivity (Wildman–Crippen MR) is 86.5 cm³/mol. The van der Waals surface area contributed by atoms with Gasteiger partial charge in [0.1, 0.15) is 0 Å². The van der Waals surface area contributed by atoms with Gasteiger partial charge in [-0.2, -0.15) is 13.2 Å². The molecule has 0 radical (unpaired) electrons. The average molecular weight is 355 g/mol. The lowest BCUT2D eigenvalue weighted by molar-refractivity contribution is -0.137. The number of pyridine rings is 2. The van der Waals surface area contributed by atoms with Crippen LogP contribution in [0.2, 0.25) is 5.02 Å². The molecule has 1 fully saturated rings. The van der Waals surface area contributed by atoms with Gasteiger partial charge in [-0.05, 0) is 18.6 Å². The van der Waals surface area contributed by atoms with Gasteiger partial charge in [-0.15, -0.1) is 0 Å². The lowest BCUT2D eigenvalue weighted by Crippen LogP contribution is -2.40. The molecular weight excluding hydrogens is 341 g/mol. The van der Waals surface area contributed by atoms with E-state index in [1.54, 1.807) is 6.07 Å². The van der Waals surface area contributed by atoms with Gasteiger partial charge in [-0.3, -0.25) is 4.98 Å². The summed E-state index contributed by atoms with van der Waals surface area (Å²) in [7, 11) is 1.96. The molecule has 2 aromatic rings. The number of likely N-dealkylation sites (N-methyl/N-ethyl adjacent to an activating group) is 1. The number of aromatic nitrogens is 2. The average Bonchev–Trinajstić information content (AvgIpc) is 2.98. The molecule has 2 aromatic heterocycles. The fourth-order valence-electron chi connectivity index (χ4n) is 3.34. The fourth-order valence-corrected chi connectivity index (χ4v) is 3.59. The van der Waals surface area contributed by atoms with Gasteiger partial charge in [0.15, 0.2) is 5.82 Å². The Labute approximate surface area is 141 Å². The molecular formula is C16H14ClF3N4. The summed E-state index contributed by atoms with van der Waals surface area (Å²) >= 11 is 6.33. The maximum absolute atomic E-state index is 12.9. The van der Waals surface area contributed by atoms with Crippen molar-refractivity contribution in [2.24, 2.45) is 0 Å². The van der Waals surface area contributed by atoms with Crippen LogP contribution in [0.4, 0.5) is 24.7 Å². The van der Waals surface area contributed by atoms with E-state index in [4.69, 9.17) is 11.6 Å². The molecule has 0 saturated carbocycles. The maximum Gasteiger partial charge on any atom is 0.417 e. The van der Waals surface area contributed by atoms with Gasteiger partial charge >= 0.3 is 6.18 Å². The van der Waals surface area contributed by atoms with Crippen LogP contribution in [-0.4, -0.2) is 36.1 Å². The van der Waals surface area contributed by atoms with Crippen molar-refractivity contribution in [3.63, 3.8) is 0 Å². The van der Waals surface area contributed by atoms with Gasteiger partial charge in [-0.1, -0.05) is 11.6 Å². The topological polar surface area (TPSA) is 32.3 Å². The van der Waals surface area contributed by atoms with Crippen molar-refractivity contribution in [2.45, 2.75) is 18.6 Å². The van der Waals surface area contributed by atoms with E-state index in [2.05, 4.69) is 19.8 Å². The summed E-state index contributed by atoms with van der Waals surface area (Å²) < 4.78 is 38.8. The highest BCUT2D eigenvalue weighted by atomic mass is 35.5. The Kier molecular flexibility index (Phi) is 3.38. The van der Waals surface area contributed by atoms with Crippen LogP contribution in [0, 0.1) is 0 Å². The third kappa shape index (κ3) is 2.38. The molecule has 4 rings (SSSR count). The van der Waals surface area contributed by atoms with Gasteiger partial charge in [0, 0.05) is 44.1 Å². The molecule has 0 spiro atoms. The van der Waals surface area contributed by atoms with E-state index in [0.29, 0.717) is 16.8 Å². The van der Waals surface area contributed by atoms with Crippen LogP contribution in [0.15, 0.2) is 24.5 Å². The first-order valence-corrected chi connectivity index (χ1v) is 7.93. The first-order valence-electron chi connectivity index (χ1n) is 7.55. The molecule has 2 aliphatic heterocycles. The van der Waals surface area contributed by atoms with E-state index >= 15 is 0 Å². The van der Waals surface area contributed by atoms with Gasteiger partial charge in [0.05, 0.1) is 22.0 Å². The minimum absolute atomic E-state index is 0.263. The van der Waals surface area contributed by atoms with Gasteiger partial charge in [-0.25, -0.2) is 4.98 Å². The minimum Gasteiger partial charge on any atom is -0.366 e. The molecule has 1 atom stereocenters. The summed E-state index contributed by atoms with van der Waals surface area (Å²) in [5.41, 5.74) is 0.704. The molecule has 126 valence electrons. The summed E-state index contributed by atoms with van der Waals surface area (Å²) in [6, 6.07) is 3.20. The molecule has 2 bridgehead atoms. The predicted octanol–water partition coefficient (Wildman–Crippen LogP) is 3.84. The number of rotatable bonds is 1. The van der Waals surface area contributed by atoms with Crippen molar-refractivity contribution in [2.75, 3.05) is 29.9 Å². The molecule has 8 heteroatoms. The van der Waals surface area contributed by atoms with E-state index < -0.39 is 11.7 Å². The van der Waals surface area contributed by atoms with E-state index in [1.807, 2.05) is 7.05 Å². The Hall–Kier alpha value is -2.02. The Morgan fingerprint density at radius 3 is 2.79 bits per heavy atom. The van der Waals surface area contributed by atoms with Crippen LogP contribution in [0.1, 0.15) is 12.0 Å². The van der Waals surface area contributed by atoms with Crippen LogP contribution in [0.5, 0.6) is 0 Å².